The monoisotopic (exact) mass is 347 g/mol. The molecule has 7 nitrogen and oxygen atoms in total. The fourth-order valence-electron chi connectivity index (χ4n) is 2.26. The van der Waals surface area contributed by atoms with Gasteiger partial charge in [0.1, 0.15) is 5.75 Å². The van der Waals surface area contributed by atoms with Crippen molar-refractivity contribution in [2.75, 3.05) is 0 Å². The zero-order valence-electron chi connectivity index (χ0n) is 14.2. The van der Waals surface area contributed by atoms with Gasteiger partial charge in [-0.05, 0) is 48.9 Å². The second-order valence-electron chi connectivity index (χ2n) is 5.59. The summed E-state index contributed by atoms with van der Waals surface area (Å²) in [6, 6.07) is 14.2. The molecule has 26 heavy (non-hydrogen) atoms. The highest BCUT2D eigenvalue weighted by Crippen LogP contribution is 2.13. The van der Waals surface area contributed by atoms with E-state index in [2.05, 4.69) is 15.4 Å². The number of nitriles is 1. The van der Waals surface area contributed by atoms with Crippen LogP contribution < -0.4 is 10.1 Å². The van der Waals surface area contributed by atoms with Gasteiger partial charge in [-0.2, -0.15) is 10.4 Å². The molecule has 0 spiro atoms. The van der Waals surface area contributed by atoms with E-state index in [1.165, 1.54) is 0 Å². The first-order valence-corrected chi connectivity index (χ1v) is 8.05. The Balaban J connectivity index is 1.52. The highest BCUT2D eigenvalue weighted by atomic mass is 16.5. The Morgan fingerprint density at radius 1 is 1.31 bits per heavy atom. The van der Waals surface area contributed by atoms with Crippen LogP contribution in [-0.2, 0) is 11.3 Å². The van der Waals surface area contributed by atoms with Crippen LogP contribution in [0.3, 0.4) is 0 Å². The van der Waals surface area contributed by atoms with Crippen LogP contribution in [-0.4, -0.2) is 26.8 Å². The van der Waals surface area contributed by atoms with Gasteiger partial charge < -0.3 is 10.1 Å². The molecule has 130 valence electrons. The third-order valence-corrected chi connectivity index (χ3v) is 3.68. The zero-order valence-corrected chi connectivity index (χ0v) is 14.2. The number of carbonyl (C=O) groups excluding carboxylic acids is 1. The number of rotatable bonds is 6. The van der Waals surface area contributed by atoms with Crippen molar-refractivity contribution in [3.8, 4) is 17.6 Å². The van der Waals surface area contributed by atoms with Gasteiger partial charge >= 0.3 is 0 Å². The van der Waals surface area contributed by atoms with Gasteiger partial charge in [-0.3, -0.25) is 4.79 Å². The number of benzene rings is 1. The summed E-state index contributed by atoms with van der Waals surface area (Å²) in [6.45, 7) is 2.03. The summed E-state index contributed by atoms with van der Waals surface area (Å²) in [5.41, 5.74) is 1.42. The fourth-order valence-corrected chi connectivity index (χ4v) is 2.26. The molecule has 1 aromatic carbocycles. The molecule has 0 bridgehead atoms. The van der Waals surface area contributed by atoms with E-state index >= 15 is 0 Å². The molecule has 0 saturated heterocycles. The van der Waals surface area contributed by atoms with E-state index in [-0.39, 0.29) is 5.91 Å². The first-order valence-electron chi connectivity index (χ1n) is 8.05. The quantitative estimate of drug-likeness (QED) is 0.738. The van der Waals surface area contributed by atoms with Crippen LogP contribution in [0.4, 0.5) is 0 Å². The summed E-state index contributed by atoms with van der Waals surface area (Å²) in [7, 11) is 0. The standard InChI is InChI=1S/C19H17N5O2/c1-14(26-17-6-3-15(11-20)4-7-17)19(25)22-13-16-5-8-18(21-12-16)24-10-2-9-23-24/h2-10,12,14H,13H2,1H3,(H,22,25). The molecule has 1 atom stereocenters. The number of hydrogen-bond donors (Lipinski definition) is 1. The van der Waals surface area contributed by atoms with E-state index in [0.717, 1.165) is 5.56 Å². The highest BCUT2D eigenvalue weighted by Gasteiger charge is 2.14. The lowest BCUT2D eigenvalue weighted by Crippen LogP contribution is -2.35. The minimum Gasteiger partial charge on any atom is -0.481 e. The van der Waals surface area contributed by atoms with Gasteiger partial charge in [0.15, 0.2) is 11.9 Å². The second-order valence-corrected chi connectivity index (χ2v) is 5.59. The summed E-state index contributed by atoms with van der Waals surface area (Å²) >= 11 is 0. The number of aromatic nitrogens is 3. The fraction of sp³-hybridized carbons (Fsp3) is 0.158. The predicted molar refractivity (Wildman–Crippen MR) is 94.5 cm³/mol. The lowest BCUT2D eigenvalue weighted by molar-refractivity contribution is -0.127. The van der Waals surface area contributed by atoms with Crippen LogP contribution in [0.1, 0.15) is 18.1 Å². The van der Waals surface area contributed by atoms with Gasteiger partial charge in [0.2, 0.25) is 0 Å². The Morgan fingerprint density at radius 2 is 2.12 bits per heavy atom. The molecule has 2 aromatic heterocycles. The van der Waals surface area contributed by atoms with Gasteiger partial charge in [-0.1, -0.05) is 6.07 Å². The maximum absolute atomic E-state index is 12.2. The van der Waals surface area contributed by atoms with E-state index in [1.54, 1.807) is 48.3 Å². The molecule has 1 unspecified atom stereocenters. The molecule has 3 aromatic rings. The number of ether oxygens (including phenoxy) is 1. The Kier molecular flexibility index (Phi) is 5.25. The molecule has 0 radical (unpaired) electrons. The van der Waals surface area contributed by atoms with Crippen molar-refractivity contribution in [1.82, 2.24) is 20.1 Å². The number of pyridine rings is 1. The summed E-state index contributed by atoms with van der Waals surface area (Å²) < 4.78 is 7.25. The third-order valence-electron chi connectivity index (χ3n) is 3.68. The smallest absolute Gasteiger partial charge is 0.261 e. The molecule has 2 heterocycles. The highest BCUT2D eigenvalue weighted by molar-refractivity contribution is 5.80. The number of nitrogens with zero attached hydrogens (tertiary/aromatic N) is 4. The number of nitrogens with one attached hydrogen (secondary N) is 1. The predicted octanol–water partition coefficient (Wildman–Crippen LogP) is 2.22. The average molecular weight is 347 g/mol. The molecular weight excluding hydrogens is 330 g/mol. The number of amides is 1. The van der Waals surface area contributed by atoms with Crippen molar-refractivity contribution in [2.45, 2.75) is 19.6 Å². The lowest BCUT2D eigenvalue weighted by atomic mass is 10.2. The van der Waals surface area contributed by atoms with E-state index in [1.807, 2.05) is 30.5 Å². The second kappa shape index (κ2) is 7.94. The number of carbonyl (C=O) groups is 1. The van der Waals surface area contributed by atoms with Gasteiger partial charge in [-0.15, -0.1) is 0 Å². The summed E-state index contributed by atoms with van der Waals surface area (Å²) in [5.74, 6) is 1.02. The van der Waals surface area contributed by atoms with Gasteiger partial charge in [0.25, 0.3) is 5.91 Å². The topological polar surface area (TPSA) is 92.8 Å². The summed E-state index contributed by atoms with van der Waals surface area (Å²) in [4.78, 5) is 16.5. The van der Waals surface area contributed by atoms with Crippen LogP contribution in [0.15, 0.2) is 61.1 Å². The normalized spacial score (nSPS) is 11.4. The molecule has 1 N–H and O–H groups in total. The molecule has 0 aliphatic heterocycles. The molecule has 7 heteroatoms. The zero-order chi connectivity index (χ0) is 18.4. The van der Waals surface area contributed by atoms with E-state index < -0.39 is 6.10 Å². The summed E-state index contributed by atoms with van der Waals surface area (Å²) in [5, 5.41) is 15.7. The van der Waals surface area contributed by atoms with Crippen molar-refractivity contribution >= 4 is 5.91 Å². The van der Waals surface area contributed by atoms with Crippen molar-refractivity contribution in [3.63, 3.8) is 0 Å². The van der Waals surface area contributed by atoms with Crippen molar-refractivity contribution in [3.05, 3.63) is 72.2 Å². The molecular formula is C19H17N5O2. The molecule has 0 saturated carbocycles. The number of hydrogen-bond acceptors (Lipinski definition) is 5. The Hall–Kier alpha value is -3.66. The first kappa shape index (κ1) is 17.2. The Morgan fingerprint density at radius 3 is 2.73 bits per heavy atom. The first-order chi connectivity index (χ1) is 12.7. The maximum atomic E-state index is 12.2. The van der Waals surface area contributed by atoms with E-state index in [4.69, 9.17) is 10.00 Å². The third kappa shape index (κ3) is 4.24. The minimum atomic E-state index is -0.653. The molecule has 3 rings (SSSR count). The Bertz CT molecular complexity index is 897. The molecule has 0 aliphatic carbocycles. The van der Waals surface area contributed by atoms with Crippen LogP contribution >= 0.6 is 0 Å². The summed E-state index contributed by atoms with van der Waals surface area (Å²) in [6.07, 6.45) is 4.54. The van der Waals surface area contributed by atoms with Crippen LogP contribution in [0.25, 0.3) is 5.82 Å². The van der Waals surface area contributed by atoms with Gasteiger partial charge in [-0.25, -0.2) is 9.67 Å². The lowest BCUT2D eigenvalue weighted by Gasteiger charge is -2.14. The van der Waals surface area contributed by atoms with Gasteiger partial charge in [0.05, 0.1) is 11.6 Å². The molecule has 0 fully saturated rings. The Labute approximate surface area is 150 Å². The van der Waals surface area contributed by atoms with Crippen molar-refractivity contribution < 1.29 is 9.53 Å². The largest absolute Gasteiger partial charge is 0.481 e. The van der Waals surface area contributed by atoms with Crippen LogP contribution in [0.5, 0.6) is 5.75 Å². The van der Waals surface area contributed by atoms with E-state index in [9.17, 15) is 4.79 Å². The van der Waals surface area contributed by atoms with E-state index in [0.29, 0.717) is 23.7 Å². The average Bonchev–Trinajstić information content (AvgIpc) is 3.22. The van der Waals surface area contributed by atoms with Crippen LogP contribution in [0, 0.1) is 11.3 Å². The van der Waals surface area contributed by atoms with Crippen molar-refractivity contribution in [1.29, 1.82) is 5.26 Å². The van der Waals surface area contributed by atoms with Crippen LogP contribution in [0.2, 0.25) is 0 Å². The SMILES string of the molecule is CC(Oc1ccc(C#N)cc1)C(=O)NCc1ccc(-n2cccn2)nc1. The molecule has 0 aliphatic rings. The van der Waals surface area contributed by atoms with Crippen molar-refractivity contribution in [2.24, 2.45) is 0 Å². The molecule has 1 amide bonds. The van der Waals surface area contributed by atoms with Gasteiger partial charge in [0, 0.05) is 25.1 Å². The maximum Gasteiger partial charge on any atom is 0.261 e. The minimum absolute atomic E-state index is 0.231.